The number of carboxylic acid groups (broad SMARTS) is 1. The molecule has 0 aromatic rings. The maximum atomic E-state index is 12.0. The maximum Gasteiger partial charge on any atom is 0.326 e. The van der Waals surface area contributed by atoms with Crippen LogP contribution in [0.2, 0.25) is 0 Å². The zero-order valence-electron chi connectivity index (χ0n) is 10.0. The first-order valence-corrected chi connectivity index (χ1v) is 7.94. The number of carboxylic acids is 1. The minimum atomic E-state index is -2.98. The number of nitrogens with zero attached hydrogens (tertiary/aromatic N) is 1. The predicted molar refractivity (Wildman–Crippen MR) is 63.7 cm³/mol. The van der Waals surface area contributed by atoms with Gasteiger partial charge >= 0.3 is 5.97 Å². The Morgan fingerprint density at radius 3 is 2.56 bits per heavy atom. The van der Waals surface area contributed by atoms with Crippen LogP contribution in [0.25, 0.3) is 0 Å². The molecule has 0 aromatic heterocycles. The van der Waals surface area contributed by atoms with Crippen molar-refractivity contribution in [2.24, 2.45) is 5.92 Å². The molecule has 0 spiro atoms. The fraction of sp³-hybridized carbons (Fsp3) is 0.818. The van der Waals surface area contributed by atoms with Gasteiger partial charge in [-0.15, -0.1) is 0 Å². The molecule has 7 heteroatoms. The summed E-state index contributed by atoms with van der Waals surface area (Å²) in [5.74, 6) is -1.13. The summed E-state index contributed by atoms with van der Waals surface area (Å²) in [4.78, 5) is 24.3. The van der Waals surface area contributed by atoms with E-state index in [0.29, 0.717) is 25.8 Å². The highest BCUT2D eigenvalue weighted by Gasteiger charge is 2.36. The number of amides is 1. The van der Waals surface area contributed by atoms with Gasteiger partial charge in [0, 0.05) is 13.0 Å². The second kappa shape index (κ2) is 4.87. The van der Waals surface area contributed by atoms with Gasteiger partial charge in [0.2, 0.25) is 5.91 Å². The maximum absolute atomic E-state index is 12.0. The van der Waals surface area contributed by atoms with E-state index in [-0.39, 0.29) is 29.8 Å². The zero-order chi connectivity index (χ0) is 13.3. The summed E-state index contributed by atoms with van der Waals surface area (Å²) in [6.45, 7) is 0.468. The lowest BCUT2D eigenvalue weighted by Crippen LogP contribution is -2.41. The second-order valence-corrected chi connectivity index (χ2v) is 7.29. The van der Waals surface area contributed by atoms with Gasteiger partial charge in [-0.25, -0.2) is 13.2 Å². The van der Waals surface area contributed by atoms with E-state index in [4.69, 9.17) is 5.11 Å². The van der Waals surface area contributed by atoms with E-state index in [1.165, 1.54) is 4.90 Å². The molecule has 2 atom stereocenters. The van der Waals surface area contributed by atoms with Gasteiger partial charge in [0.15, 0.2) is 9.84 Å². The molecule has 2 heterocycles. The van der Waals surface area contributed by atoms with Gasteiger partial charge < -0.3 is 10.0 Å². The molecule has 1 amide bonds. The number of aliphatic carboxylic acids is 1. The summed E-state index contributed by atoms with van der Waals surface area (Å²) in [6.07, 6.45) is 1.86. The largest absolute Gasteiger partial charge is 0.480 e. The fourth-order valence-electron chi connectivity index (χ4n) is 2.72. The van der Waals surface area contributed by atoms with Gasteiger partial charge in [0.05, 0.1) is 11.5 Å². The summed E-state index contributed by atoms with van der Waals surface area (Å²) in [6, 6.07) is -0.726. The lowest BCUT2D eigenvalue weighted by molar-refractivity contribution is -0.148. The quantitative estimate of drug-likeness (QED) is 0.775. The molecule has 2 aliphatic heterocycles. The molecule has 2 unspecified atom stereocenters. The molecular formula is C11H17NO5S. The standard InChI is InChI=1S/C11H17NO5S/c13-10(6-8-3-5-18(16,17)7-8)12-4-1-2-9(12)11(14)15/h8-9H,1-7H2,(H,14,15). The normalized spacial score (nSPS) is 30.6. The SMILES string of the molecule is O=C(O)C1CCCN1C(=O)CC1CCS(=O)(=O)C1. The number of rotatable bonds is 3. The Morgan fingerprint density at radius 1 is 1.28 bits per heavy atom. The van der Waals surface area contributed by atoms with Crippen LogP contribution in [0, 0.1) is 5.92 Å². The first-order chi connectivity index (χ1) is 8.39. The highest BCUT2D eigenvalue weighted by Crippen LogP contribution is 2.25. The summed E-state index contributed by atoms with van der Waals surface area (Å²) in [7, 11) is -2.98. The summed E-state index contributed by atoms with van der Waals surface area (Å²) in [5.41, 5.74) is 0. The summed E-state index contributed by atoms with van der Waals surface area (Å²) >= 11 is 0. The van der Waals surface area contributed by atoms with Crippen LogP contribution in [-0.2, 0) is 19.4 Å². The molecule has 2 saturated heterocycles. The van der Waals surface area contributed by atoms with E-state index in [1.54, 1.807) is 0 Å². The Morgan fingerprint density at radius 2 is 2.00 bits per heavy atom. The van der Waals surface area contributed by atoms with Crippen LogP contribution in [0.5, 0.6) is 0 Å². The first kappa shape index (κ1) is 13.3. The van der Waals surface area contributed by atoms with Crippen LogP contribution in [-0.4, -0.2) is 54.4 Å². The van der Waals surface area contributed by atoms with Gasteiger partial charge in [-0.2, -0.15) is 0 Å². The number of sulfone groups is 1. The van der Waals surface area contributed by atoms with Gasteiger partial charge in [-0.3, -0.25) is 4.79 Å². The minimum Gasteiger partial charge on any atom is -0.480 e. The third kappa shape index (κ3) is 2.82. The van der Waals surface area contributed by atoms with Crippen LogP contribution in [0.15, 0.2) is 0 Å². The van der Waals surface area contributed by atoms with Crippen molar-refractivity contribution in [3.05, 3.63) is 0 Å². The van der Waals surface area contributed by atoms with Gasteiger partial charge in [0.25, 0.3) is 0 Å². The van der Waals surface area contributed by atoms with Crippen molar-refractivity contribution in [3.63, 3.8) is 0 Å². The van der Waals surface area contributed by atoms with Crippen LogP contribution < -0.4 is 0 Å². The average Bonchev–Trinajstić information content (AvgIpc) is 2.84. The van der Waals surface area contributed by atoms with Crippen molar-refractivity contribution < 1.29 is 23.1 Å². The third-order valence-corrected chi connectivity index (χ3v) is 5.49. The van der Waals surface area contributed by atoms with Crippen LogP contribution >= 0.6 is 0 Å². The van der Waals surface area contributed by atoms with Crippen molar-refractivity contribution in [1.82, 2.24) is 4.90 Å². The molecule has 2 rings (SSSR count). The Labute approximate surface area is 106 Å². The van der Waals surface area contributed by atoms with E-state index in [2.05, 4.69) is 0 Å². The number of hydrogen-bond donors (Lipinski definition) is 1. The Kier molecular flexibility index (Phi) is 3.61. The molecule has 0 bridgehead atoms. The number of carbonyl (C=O) groups is 2. The van der Waals surface area contributed by atoms with E-state index >= 15 is 0 Å². The number of carbonyl (C=O) groups excluding carboxylic acids is 1. The number of likely N-dealkylation sites (tertiary alicyclic amines) is 1. The van der Waals surface area contributed by atoms with Crippen LogP contribution in [0.1, 0.15) is 25.7 Å². The Bertz CT molecular complexity index is 458. The molecule has 102 valence electrons. The van der Waals surface area contributed by atoms with Gasteiger partial charge in [-0.05, 0) is 25.2 Å². The molecule has 0 aliphatic carbocycles. The smallest absolute Gasteiger partial charge is 0.326 e. The fourth-order valence-corrected chi connectivity index (χ4v) is 4.58. The summed E-state index contributed by atoms with van der Waals surface area (Å²) in [5, 5.41) is 8.99. The Hall–Kier alpha value is -1.11. The zero-order valence-corrected chi connectivity index (χ0v) is 10.9. The summed E-state index contributed by atoms with van der Waals surface area (Å²) < 4.78 is 22.6. The molecule has 2 fully saturated rings. The topological polar surface area (TPSA) is 91.8 Å². The Balaban J connectivity index is 1.94. The molecule has 0 radical (unpaired) electrons. The van der Waals surface area contributed by atoms with Crippen molar-refractivity contribution in [1.29, 1.82) is 0 Å². The molecule has 1 N–H and O–H groups in total. The second-order valence-electron chi connectivity index (χ2n) is 5.06. The third-order valence-electron chi connectivity index (χ3n) is 3.65. The van der Waals surface area contributed by atoms with Crippen molar-refractivity contribution in [2.75, 3.05) is 18.1 Å². The van der Waals surface area contributed by atoms with Crippen molar-refractivity contribution >= 4 is 21.7 Å². The lowest BCUT2D eigenvalue weighted by atomic mass is 10.0. The molecular weight excluding hydrogens is 258 g/mol. The minimum absolute atomic E-state index is 0.0598. The highest BCUT2D eigenvalue weighted by atomic mass is 32.2. The number of hydrogen-bond acceptors (Lipinski definition) is 4. The van der Waals surface area contributed by atoms with Crippen molar-refractivity contribution in [2.45, 2.75) is 31.7 Å². The van der Waals surface area contributed by atoms with E-state index in [1.807, 2.05) is 0 Å². The molecule has 0 aromatic carbocycles. The highest BCUT2D eigenvalue weighted by molar-refractivity contribution is 7.91. The average molecular weight is 275 g/mol. The first-order valence-electron chi connectivity index (χ1n) is 6.12. The van der Waals surface area contributed by atoms with E-state index in [9.17, 15) is 18.0 Å². The predicted octanol–water partition coefficient (Wildman–Crippen LogP) is -0.113. The molecule has 2 aliphatic rings. The van der Waals surface area contributed by atoms with Gasteiger partial charge in [-0.1, -0.05) is 0 Å². The molecule has 18 heavy (non-hydrogen) atoms. The van der Waals surface area contributed by atoms with Crippen molar-refractivity contribution in [3.8, 4) is 0 Å². The van der Waals surface area contributed by atoms with Crippen LogP contribution in [0.3, 0.4) is 0 Å². The molecule has 6 nitrogen and oxygen atoms in total. The lowest BCUT2D eigenvalue weighted by Gasteiger charge is -2.22. The monoisotopic (exact) mass is 275 g/mol. The molecule has 0 saturated carbocycles. The van der Waals surface area contributed by atoms with E-state index < -0.39 is 21.8 Å². The van der Waals surface area contributed by atoms with Crippen LogP contribution in [0.4, 0.5) is 0 Å². The van der Waals surface area contributed by atoms with E-state index in [0.717, 1.165) is 0 Å². The van der Waals surface area contributed by atoms with Gasteiger partial charge in [0.1, 0.15) is 6.04 Å².